The van der Waals surface area contributed by atoms with E-state index in [2.05, 4.69) is 10.2 Å². The molecule has 2 aromatic rings. The Kier molecular flexibility index (Phi) is 2.17. The number of aromatic nitrogens is 2. The molecular formula is C10H10ClN3. The number of benzene rings is 1. The average Bonchev–Trinajstić information content (AvgIpc) is 2.56. The van der Waals surface area contributed by atoms with Crippen molar-refractivity contribution in [2.24, 2.45) is 0 Å². The molecule has 0 saturated carbocycles. The van der Waals surface area contributed by atoms with E-state index in [-0.39, 0.29) is 0 Å². The van der Waals surface area contributed by atoms with Crippen LogP contribution in [0.4, 0.5) is 5.69 Å². The van der Waals surface area contributed by atoms with Crippen LogP contribution in [0, 0.1) is 6.92 Å². The molecular weight excluding hydrogens is 198 g/mol. The van der Waals surface area contributed by atoms with Crippen LogP contribution in [0.15, 0.2) is 24.3 Å². The van der Waals surface area contributed by atoms with Crippen LogP contribution in [0.3, 0.4) is 0 Å². The Balaban J connectivity index is 2.55. The van der Waals surface area contributed by atoms with Crippen molar-refractivity contribution in [1.29, 1.82) is 0 Å². The zero-order chi connectivity index (χ0) is 10.1. The van der Waals surface area contributed by atoms with E-state index >= 15 is 0 Å². The Bertz CT molecular complexity index is 462. The van der Waals surface area contributed by atoms with Crippen molar-refractivity contribution in [1.82, 2.24) is 10.2 Å². The van der Waals surface area contributed by atoms with Crippen LogP contribution >= 0.6 is 11.6 Å². The molecule has 0 spiro atoms. The second kappa shape index (κ2) is 3.35. The first-order valence-electron chi connectivity index (χ1n) is 4.24. The van der Waals surface area contributed by atoms with Gasteiger partial charge in [-0.2, -0.15) is 5.10 Å². The average molecular weight is 208 g/mol. The summed E-state index contributed by atoms with van der Waals surface area (Å²) in [7, 11) is 0. The number of hydrogen-bond donors (Lipinski definition) is 2. The lowest BCUT2D eigenvalue weighted by Crippen LogP contribution is -1.86. The minimum atomic E-state index is 0.658. The van der Waals surface area contributed by atoms with Crippen LogP contribution in [-0.2, 0) is 0 Å². The predicted octanol–water partition coefficient (Wildman–Crippen LogP) is 2.62. The molecule has 0 unspecified atom stereocenters. The molecule has 14 heavy (non-hydrogen) atoms. The maximum absolute atomic E-state index is 6.03. The summed E-state index contributed by atoms with van der Waals surface area (Å²) in [5.41, 5.74) is 9.04. The molecule has 72 valence electrons. The van der Waals surface area contributed by atoms with E-state index < -0.39 is 0 Å². The number of anilines is 1. The third kappa shape index (κ3) is 1.59. The Morgan fingerprint density at radius 1 is 1.36 bits per heavy atom. The third-order valence-electron chi connectivity index (χ3n) is 1.97. The lowest BCUT2D eigenvalue weighted by molar-refractivity contribution is 1.05. The lowest BCUT2D eigenvalue weighted by atomic mass is 10.1. The Labute approximate surface area is 86.9 Å². The molecule has 0 aliphatic heterocycles. The van der Waals surface area contributed by atoms with Gasteiger partial charge in [-0.15, -0.1) is 0 Å². The zero-order valence-corrected chi connectivity index (χ0v) is 8.47. The number of nitrogen functional groups attached to an aromatic ring is 1. The Hall–Kier alpha value is -1.48. The normalized spacial score (nSPS) is 10.4. The maximum atomic E-state index is 6.03. The van der Waals surface area contributed by atoms with E-state index in [1.165, 1.54) is 0 Å². The highest BCUT2D eigenvalue weighted by Crippen LogP contribution is 2.28. The van der Waals surface area contributed by atoms with Crippen LogP contribution in [0.2, 0.25) is 5.02 Å². The molecule has 1 aromatic carbocycles. The number of halogens is 1. The third-order valence-corrected chi connectivity index (χ3v) is 2.30. The van der Waals surface area contributed by atoms with Gasteiger partial charge in [0.2, 0.25) is 0 Å². The molecule has 0 bridgehead atoms. The van der Waals surface area contributed by atoms with Crippen LogP contribution in [-0.4, -0.2) is 10.2 Å². The molecule has 0 radical (unpaired) electrons. The molecule has 1 aromatic heterocycles. The number of aromatic amines is 1. The summed E-state index contributed by atoms with van der Waals surface area (Å²) in [6, 6.07) is 7.29. The molecule has 0 aliphatic rings. The lowest BCUT2D eigenvalue weighted by Gasteiger charge is -2.01. The minimum absolute atomic E-state index is 0.658. The molecule has 0 saturated heterocycles. The highest BCUT2D eigenvalue weighted by atomic mass is 35.5. The molecule has 0 aliphatic carbocycles. The first-order valence-corrected chi connectivity index (χ1v) is 4.62. The molecule has 3 nitrogen and oxygen atoms in total. The van der Waals surface area contributed by atoms with Gasteiger partial charge in [-0.25, -0.2) is 0 Å². The van der Waals surface area contributed by atoms with E-state index in [9.17, 15) is 0 Å². The predicted molar refractivity (Wildman–Crippen MR) is 58.2 cm³/mol. The summed E-state index contributed by atoms with van der Waals surface area (Å²) < 4.78 is 0. The number of aryl methyl sites for hydroxylation is 1. The largest absolute Gasteiger partial charge is 0.399 e. The first kappa shape index (κ1) is 9.09. The molecule has 1 heterocycles. The highest BCUT2D eigenvalue weighted by molar-refractivity contribution is 6.33. The molecule has 2 rings (SSSR count). The highest BCUT2D eigenvalue weighted by Gasteiger charge is 2.06. The fourth-order valence-corrected chi connectivity index (χ4v) is 1.51. The number of nitrogens with zero attached hydrogens (tertiary/aromatic N) is 1. The van der Waals surface area contributed by atoms with E-state index in [1.54, 1.807) is 12.1 Å². The quantitative estimate of drug-likeness (QED) is 0.707. The Morgan fingerprint density at radius 3 is 2.79 bits per heavy atom. The van der Waals surface area contributed by atoms with Crippen LogP contribution in [0.5, 0.6) is 0 Å². The smallest absolute Gasteiger partial charge is 0.0939 e. The summed E-state index contributed by atoms with van der Waals surface area (Å²) in [5.74, 6) is 0. The van der Waals surface area contributed by atoms with Crippen molar-refractivity contribution in [3.05, 3.63) is 35.0 Å². The van der Waals surface area contributed by atoms with Crippen molar-refractivity contribution in [2.75, 3.05) is 5.73 Å². The summed E-state index contributed by atoms with van der Waals surface area (Å²) in [6.45, 7) is 1.94. The monoisotopic (exact) mass is 207 g/mol. The van der Waals surface area contributed by atoms with Crippen LogP contribution < -0.4 is 5.73 Å². The summed E-state index contributed by atoms with van der Waals surface area (Å²) in [5, 5.41) is 7.65. The summed E-state index contributed by atoms with van der Waals surface area (Å²) in [4.78, 5) is 0. The molecule has 4 heteroatoms. The molecule has 3 N–H and O–H groups in total. The second-order valence-electron chi connectivity index (χ2n) is 3.18. The van der Waals surface area contributed by atoms with Gasteiger partial charge >= 0.3 is 0 Å². The van der Waals surface area contributed by atoms with Gasteiger partial charge in [0.05, 0.1) is 10.7 Å². The van der Waals surface area contributed by atoms with E-state index in [0.717, 1.165) is 17.0 Å². The molecule has 0 atom stereocenters. The van der Waals surface area contributed by atoms with Gasteiger partial charge in [0, 0.05) is 16.9 Å². The summed E-state index contributed by atoms with van der Waals surface area (Å²) in [6.07, 6.45) is 0. The number of nitrogens with one attached hydrogen (secondary N) is 1. The Morgan fingerprint density at radius 2 is 2.14 bits per heavy atom. The number of H-pyrrole nitrogens is 1. The fourth-order valence-electron chi connectivity index (χ4n) is 1.30. The van der Waals surface area contributed by atoms with Gasteiger partial charge in [-0.05, 0) is 31.2 Å². The van der Waals surface area contributed by atoms with Crippen LogP contribution in [0.25, 0.3) is 11.3 Å². The van der Waals surface area contributed by atoms with Gasteiger partial charge < -0.3 is 5.73 Å². The minimum Gasteiger partial charge on any atom is -0.399 e. The van der Waals surface area contributed by atoms with E-state index in [1.807, 2.05) is 19.1 Å². The number of hydrogen-bond acceptors (Lipinski definition) is 2. The van der Waals surface area contributed by atoms with Crippen molar-refractivity contribution < 1.29 is 0 Å². The first-order chi connectivity index (χ1) is 6.66. The fraction of sp³-hybridized carbons (Fsp3) is 0.100. The van der Waals surface area contributed by atoms with Gasteiger partial charge in [0.15, 0.2) is 0 Å². The zero-order valence-electron chi connectivity index (χ0n) is 7.71. The summed E-state index contributed by atoms with van der Waals surface area (Å²) >= 11 is 6.03. The van der Waals surface area contributed by atoms with Crippen LogP contribution in [0.1, 0.15) is 5.69 Å². The van der Waals surface area contributed by atoms with Crippen molar-refractivity contribution in [2.45, 2.75) is 6.92 Å². The maximum Gasteiger partial charge on any atom is 0.0939 e. The van der Waals surface area contributed by atoms with Crippen molar-refractivity contribution in [3.8, 4) is 11.3 Å². The van der Waals surface area contributed by atoms with Gasteiger partial charge in [0.25, 0.3) is 0 Å². The van der Waals surface area contributed by atoms with Crippen molar-refractivity contribution in [3.63, 3.8) is 0 Å². The second-order valence-corrected chi connectivity index (χ2v) is 3.58. The number of nitrogens with two attached hydrogens (primary N) is 1. The SMILES string of the molecule is Cc1cc(-c2cc(N)ccc2Cl)n[nH]1. The van der Waals surface area contributed by atoms with Gasteiger partial charge in [-0.3, -0.25) is 5.10 Å². The van der Waals surface area contributed by atoms with Crippen molar-refractivity contribution >= 4 is 17.3 Å². The topological polar surface area (TPSA) is 54.7 Å². The van der Waals surface area contributed by atoms with E-state index in [0.29, 0.717) is 10.7 Å². The van der Waals surface area contributed by atoms with Gasteiger partial charge in [-0.1, -0.05) is 11.6 Å². The standard InChI is InChI=1S/C10H10ClN3/c1-6-4-10(14-13-6)8-5-7(12)2-3-9(8)11/h2-5H,12H2,1H3,(H,13,14). The van der Waals surface area contributed by atoms with Gasteiger partial charge in [0.1, 0.15) is 0 Å². The van der Waals surface area contributed by atoms with E-state index in [4.69, 9.17) is 17.3 Å². The number of rotatable bonds is 1. The molecule has 0 fully saturated rings. The molecule has 0 amide bonds.